The summed E-state index contributed by atoms with van der Waals surface area (Å²) >= 11 is 0. The van der Waals surface area contributed by atoms with E-state index in [0.717, 1.165) is 32.6 Å². The van der Waals surface area contributed by atoms with Crippen LogP contribution in [0.15, 0.2) is 24.3 Å². The van der Waals surface area contributed by atoms with Gasteiger partial charge in [0.1, 0.15) is 0 Å². The van der Waals surface area contributed by atoms with Crippen LogP contribution in [0.3, 0.4) is 0 Å². The van der Waals surface area contributed by atoms with E-state index >= 15 is 0 Å². The minimum atomic E-state index is 0.133. The van der Waals surface area contributed by atoms with Crippen LogP contribution in [-0.4, -0.2) is 38.6 Å². The molecule has 1 aliphatic rings. The summed E-state index contributed by atoms with van der Waals surface area (Å²) in [6, 6.07) is 8.60. The second-order valence-electron chi connectivity index (χ2n) is 4.86. The Labute approximate surface area is 115 Å². The summed E-state index contributed by atoms with van der Waals surface area (Å²) in [5.41, 5.74) is 2.51. The maximum atomic E-state index is 11.4. The largest absolute Gasteiger partial charge is 0.369 e. The van der Waals surface area contributed by atoms with Crippen molar-refractivity contribution in [3.05, 3.63) is 29.8 Å². The van der Waals surface area contributed by atoms with Gasteiger partial charge in [0.2, 0.25) is 5.91 Å². The fraction of sp³-hybridized carbons (Fsp3) is 0.533. The number of aryl methyl sites for hydroxylation is 1. The number of rotatable bonds is 5. The molecule has 104 valence electrons. The van der Waals surface area contributed by atoms with Gasteiger partial charge in [-0.3, -0.25) is 4.79 Å². The first-order valence-corrected chi connectivity index (χ1v) is 7.11. The smallest absolute Gasteiger partial charge is 0.220 e. The van der Waals surface area contributed by atoms with E-state index in [2.05, 4.69) is 39.8 Å². The molecular formula is C15H23N3O. The number of nitrogens with one attached hydrogen (secondary N) is 2. The van der Waals surface area contributed by atoms with Gasteiger partial charge in [0.05, 0.1) is 0 Å². The first-order valence-electron chi connectivity index (χ1n) is 7.11. The molecule has 0 unspecified atom stereocenters. The Bertz CT molecular complexity index is 396. The van der Waals surface area contributed by atoms with E-state index in [1.54, 1.807) is 0 Å². The topological polar surface area (TPSA) is 44.4 Å². The van der Waals surface area contributed by atoms with Crippen molar-refractivity contribution in [1.29, 1.82) is 0 Å². The van der Waals surface area contributed by atoms with Crippen LogP contribution >= 0.6 is 0 Å². The molecule has 1 aliphatic heterocycles. The van der Waals surface area contributed by atoms with E-state index in [4.69, 9.17) is 0 Å². The van der Waals surface area contributed by atoms with Crippen molar-refractivity contribution in [2.24, 2.45) is 0 Å². The number of benzene rings is 1. The second-order valence-corrected chi connectivity index (χ2v) is 4.86. The van der Waals surface area contributed by atoms with Crippen molar-refractivity contribution in [3.63, 3.8) is 0 Å². The molecule has 1 saturated heterocycles. The van der Waals surface area contributed by atoms with Crippen LogP contribution in [0, 0.1) is 0 Å². The van der Waals surface area contributed by atoms with Gasteiger partial charge in [-0.1, -0.05) is 12.1 Å². The third kappa shape index (κ3) is 4.24. The summed E-state index contributed by atoms with van der Waals surface area (Å²) in [5.74, 6) is 0.133. The lowest BCUT2D eigenvalue weighted by Gasteiger charge is -2.29. The lowest BCUT2D eigenvalue weighted by molar-refractivity contribution is -0.120. The molecule has 19 heavy (non-hydrogen) atoms. The second kappa shape index (κ2) is 7.14. The Hall–Kier alpha value is -1.55. The summed E-state index contributed by atoms with van der Waals surface area (Å²) in [6.45, 7) is 6.90. The first-order chi connectivity index (χ1) is 9.29. The van der Waals surface area contributed by atoms with Gasteiger partial charge in [-0.05, 0) is 31.0 Å². The third-order valence-electron chi connectivity index (χ3n) is 3.43. The number of piperazine rings is 1. The van der Waals surface area contributed by atoms with E-state index < -0.39 is 0 Å². The molecule has 2 N–H and O–H groups in total. The Morgan fingerprint density at radius 1 is 1.26 bits per heavy atom. The molecule has 0 aromatic heterocycles. The Kier molecular flexibility index (Phi) is 5.21. The zero-order valence-electron chi connectivity index (χ0n) is 11.6. The highest BCUT2D eigenvalue weighted by Crippen LogP contribution is 2.16. The molecular weight excluding hydrogens is 238 g/mol. The van der Waals surface area contributed by atoms with Gasteiger partial charge in [0, 0.05) is 44.8 Å². The van der Waals surface area contributed by atoms with E-state index in [1.807, 2.05) is 6.92 Å². The zero-order chi connectivity index (χ0) is 13.5. The number of carbonyl (C=O) groups is 1. The molecule has 0 radical (unpaired) electrons. The van der Waals surface area contributed by atoms with Crippen molar-refractivity contribution in [2.45, 2.75) is 19.8 Å². The molecule has 1 amide bonds. The fourth-order valence-electron chi connectivity index (χ4n) is 2.34. The van der Waals surface area contributed by atoms with Gasteiger partial charge in [-0.2, -0.15) is 0 Å². The lowest BCUT2D eigenvalue weighted by Crippen LogP contribution is -2.43. The SMILES string of the molecule is CCNC(=O)CCc1ccc(N2CCNCC2)cc1. The molecule has 0 aliphatic carbocycles. The molecule has 4 nitrogen and oxygen atoms in total. The lowest BCUT2D eigenvalue weighted by atomic mass is 10.1. The molecule has 2 rings (SSSR count). The zero-order valence-corrected chi connectivity index (χ0v) is 11.6. The Balaban J connectivity index is 1.85. The van der Waals surface area contributed by atoms with Gasteiger partial charge in [-0.25, -0.2) is 0 Å². The van der Waals surface area contributed by atoms with Crippen molar-refractivity contribution in [2.75, 3.05) is 37.6 Å². The van der Waals surface area contributed by atoms with Crippen molar-refractivity contribution in [3.8, 4) is 0 Å². The summed E-state index contributed by atoms with van der Waals surface area (Å²) in [6.07, 6.45) is 1.38. The van der Waals surface area contributed by atoms with Gasteiger partial charge in [0.25, 0.3) is 0 Å². The number of anilines is 1. The monoisotopic (exact) mass is 261 g/mol. The molecule has 1 fully saturated rings. The van der Waals surface area contributed by atoms with Crippen molar-refractivity contribution in [1.82, 2.24) is 10.6 Å². The summed E-state index contributed by atoms with van der Waals surface area (Å²) in [7, 11) is 0. The normalized spacial score (nSPS) is 15.3. The number of amides is 1. The average Bonchev–Trinajstić information content (AvgIpc) is 2.47. The Morgan fingerprint density at radius 3 is 2.58 bits per heavy atom. The van der Waals surface area contributed by atoms with E-state index in [-0.39, 0.29) is 5.91 Å². The highest BCUT2D eigenvalue weighted by Gasteiger charge is 2.10. The standard InChI is InChI=1S/C15H23N3O/c1-2-17-15(19)8-5-13-3-6-14(7-4-13)18-11-9-16-10-12-18/h3-4,6-7,16H,2,5,8-12H2,1H3,(H,17,19). The van der Waals surface area contributed by atoms with Crippen molar-refractivity contribution < 1.29 is 4.79 Å². The van der Waals surface area contributed by atoms with E-state index in [0.29, 0.717) is 13.0 Å². The minimum absolute atomic E-state index is 0.133. The van der Waals surface area contributed by atoms with Gasteiger partial charge in [0.15, 0.2) is 0 Å². The molecule has 1 aromatic rings. The molecule has 0 bridgehead atoms. The van der Waals surface area contributed by atoms with Crippen molar-refractivity contribution >= 4 is 11.6 Å². The van der Waals surface area contributed by atoms with Crippen LogP contribution in [0.4, 0.5) is 5.69 Å². The van der Waals surface area contributed by atoms with Crippen LogP contribution in [0.2, 0.25) is 0 Å². The van der Waals surface area contributed by atoms with Crippen LogP contribution in [-0.2, 0) is 11.2 Å². The number of hydrogen-bond acceptors (Lipinski definition) is 3. The molecule has 1 heterocycles. The number of hydrogen-bond donors (Lipinski definition) is 2. The van der Waals surface area contributed by atoms with E-state index in [1.165, 1.54) is 11.3 Å². The summed E-state index contributed by atoms with van der Waals surface area (Å²) in [5, 5.41) is 6.18. The van der Waals surface area contributed by atoms with Crippen LogP contribution in [0.25, 0.3) is 0 Å². The third-order valence-corrected chi connectivity index (χ3v) is 3.43. The molecule has 0 saturated carbocycles. The Morgan fingerprint density at radius 2 is 1.95 bits per heavy atom. The van der Waals surface area contributed by atoms with Crippen LogP contribution < -0.4 is 15.5 Å². The maximum Gasteiger partial charge on any atom is 0.220 e. The summed E-state index contributed by atoms with van der Waals surface area (Å²) in [4.78, 5) is 13.8. The predicted molar refractivity (Wildman–Crippen MR) is 78.5 cm³/mol. The summed E-state index contributed by atoms with van der Waals surface area (Å²) < 4.78 is 0. The first kappa shape index (κ1) is 13.9. The maximum absolute atomic E-state index is 11.4. The highest BCUT2D eigenvalue weighted by molar-refractivity contribution is 5.76. The quantitative estimate of drug-likeness (QED) is 0.836. The van der Waals surface area contributed by atoms with Crippen LogP contribution in [0.5, 0.6) is 0 Å². The predicted octanol–water partition coefficient (Wildman–Crippen LogP) is 1.16. The van der Waals surface area contributed by atoms with Gasteiger partial charge in [-0.15, -0.1) is 0 Å². The molecule has 0 spiro atoms. The molecule has 1 aromatic carbocycles. The average molecular weight is 261 g/mol. The fourth-order valence-corrected chi connectivity index (χ4v) is 2.34. The van der Waals surface area contributed by atoms with Gasteiger partial charge < -0.3 is 15.5 Å². The number of carbonyl (C=O) groups excluding carboxylic acids is 1. The molecule has 0 atom stereocenters. The van der Waals surface area contributed by atoms with Gasteiger partial charge >= 0.3 is 0 Å². The molecule has 4 heteroatoms. The highest BCUT2D eigenvalue weighted by atomic mass is 16.1. The van der Waals surface area contributed by atoms with Crippen LogP contribution in [0.1, 0.15) is 18.9 Å². The number of nitrogens with zero attached hydrogens (tertiary/aromatic N) is 1. The van der Waals surface area contributed by atoms with E-state index in [9.17, 15) is 4.79 Å². The minimum Gasteiger partial charge on any atom is -0.369 e.